The zero-order chi connectivity index (χ0) is 13.7. The minimum absolute atomic E-state index is 0.0162. The Morgan fingerprint density at radius 3 is 2.74 bits per heavy atom. The van der Waals surface area contributed by atoms with Gasteiger partial charge in [-0.25, -0.2) is 0 Å². The van der Waals surface area contributed by atoms with Gasteiger partial charge in [-0.05, 0) is 30.4 Å². The van der Waals surface area contributed by atoms with Crippen molar-refractivity contribution in [2.24, 2.45) is 5.92 Å². The normalized spacial score (nSPS) is 23.1. The Kier molecular flexibility index (Phi) is 5.53. The van der Waals surface area contributed by atoms with Crippen LogP contribution in [0.2, 0.25) is 5.02 Å². The second kappa shape index (κ2) is 7.16. The van der Waals surface area contributed by atoms with Crippen molar-refractivity contribution in [1.29, 1.82) is 0 Å². The minimum atomic E-state index is 0.0162. The van der Waals surface area contributed by atoms with Gasteiger partial charge in [0.1, 0.15) is 0 Å². The maximum Gasteiger partial charge on any atom is 0.224 e. The first-order valence-electron chi connectivity index (χ1n) is 6.81. The average Bonchev–Trinajstić information content (AvgIpc) is 2.40. The Hall–Kier alpha value is -0.730. The lowest BCUT2D eigenvalue weighted by atomic mass is 9.88. The van der Waals surface area contributed by atoms with Crippen molar-refractivity contribution in [3.05, 3.63) is 34.9 Å². The summed E-state index contributed by atoms with van der Waals surface area (Å²) in [5.41, 5.74) is 0.868. The molecule has 1 amide bonds. The second-order valence-electron chi connectivity index (χ2n) is 5.13. The van der Waals surface area contributed by atoms with Gasteiger partial charge >= 0.3 is 0 Å². The van der Waals surface area contributed by atoms with Crippen molar-refractivity contribution in [2.75, 3.05) is 6.54 Å². The van der Waals surface area contributed by atoms with Gasteiger partial charge in [0.25, 0.3) is 0 Å². The fourth-order valence-corrected chi connectivity index (χ4v) is 3.09. The zero-order valence-corrected chi connectivity index (χ0v) is 12.4. The molecule has 1 saturated carbocycles. The molecule has 1 N–H and O–H groups in total. The molecule has 0 aliphatic heterocycles. The van der Waals surface area contributed by atoms with E-state index < -0.39 is 0 Å². The third kappa shape index (κ3) is 4.39. The summed E-state index contributed by atoms with van der Waals surface area (Å²) in [6.07, 6.45) is 4.93. The number of nitrogens with one attached hydrogen (secondary N) is 1. The van der Waals surface area contributed by atoms with Crippen LogP contribution >= 0.6 is 23.2 Å². The average molecular weight is 300 g/mol. The number of alkyl halides is 1. The highest BCUT2D eigenvalue weighted by molar-refractivity contribution is 6.31. The summed E-state index contributed by atoms with van der Waals surface area (Å²) >= 11 is 12.3. The van der Waals surface area contributed by atoms with Crippen LogP contribution in [0.25, 0.3) is 0 Å². The number of hydrogen-bond donors (Lipinski definition) is 1. The fourth-order valence-electron chi connectivity index (χ4n) is 2.51. The molecule has 104 valence electrons. The molecule has 0 heterocycles. The molecule has 2 rings (SSSR count). The summed E-state index contributed by atoms with van der Waals surface area (Å²) < 4.78 is 0. The van der Waals surface area contributed by atoms with Gasteiger partial charge in [0.05, 0.1) is 6.42 Å². The van der Waals surface area contributed by atoms with E-state index in [0.29, 0.717) is 23.9 Å². The first-order valence-corrected chi connectivity index (χ1v) is 7.62. The highest BCUT2D eigenvalue weighted by atomic mass is 35.5. The Balaban J connectivity index is 1.80. The predicted octanol–water partition coefficient (Wildman–Crippen LogP) is 3.80. The van der Waals surface area contributed by atoms with Crippen LogP contribution in [0.5, 0.6) is 0 Å². The molecule has 1 aromatic carbocycles. The maximum absolute atomic E-state index is 11.9. The predicted molar refractivity (Wildman–Crippen MR) is 79.8 cm³/mol. The molecule has 2 nitrogen and oxygen atoms in total. The molecule has 1 aromatic rings. The van der Waals surface area contributed by atoms with Crippen LogP contribution in [0.15, 0.2) is 24.3 Å². The van der Waals surface area contributed by atoms with Crippen molar-refractivity contribution < 1.29 is 4.79 Å². The molecule has 4 heteroatoms. The van der Waals surface area contributed by atoms with E-state index >= 15 is 0 Å². The number of carbonyl (C=O) groups is 1. The highest BCUT2D eigenvalue weighted by Gasteiger charge is 2.23. The quantitative estimate of drug-likeness (QED) is 0.842. The summed E-state index contributed by atoms with van der Waals surface area (Å²) in [6.45, 7) is 0.678. The lowest BCUT2D eigenvalue weighted by molar-refractivity contribution is -0.120. The summed E-state index contributed by atoms with van der Waals surface area (Å²) in [4.78, 5) is 11.9. The lowest BCUT2D eigenvalue weighted by Crippen LogP contribution is -2.35. The second-order valence-corrected chi connectivity index (χ2v) is 6.10. The Morgan fingerprint density at radius 2 is 2.00 bits per heavy atom. The Labute approximate surface area is 124 Å². The molecular formula is C15H19Cl2NO. The van der Waals surface area contributed by atoms with E-state index in [1.54, 1.807) is 6.07 Å². The zero-order valence-electron chi connectivity index (χ0n) is 10.9. The summed E-state index contributed by atoms with van der Waals surface area (Å²) in [7, 11) is 0. The smallest absolute Gasteiger partial charge is 0.224 e. The Morgan fingerprint density at radius 1 is 1.26 bits per heavy atom. The molecule has 0 bridgehead atoms. The molecule has 1 aliphatic rings. The first-order chi connectivity index (χ1) is 9.16. The maximum atomic E-state index is 11.9. The molecule has 1 aliphatic carbocycles. The summed E-state index contributed by atoms with van der Waals surface area (Å²) in [5.74, 6) is 0.424. The number of amides is 1. The van der Waals surface area contributed by atoms with Gasteiger partial charge in [-0.3, -0.25) is 4.79 Å². The van der Waals surface area contributed by atoms with Crippen LogP contribution in [0, 0.1) is 5.92 Å². The monoisotopic (exact) mass is 299 g/mol. The van der Waals surface area contributed by atoms with Crippen LogP contribution in [-0.2, 0) is 11.2 Å². The van der Waals surface area contributed by atoms with Crippen molar-refractivity contribution in [3.8, 4) is 0 Å². The SMILES string of the molecule is O=C(Cc1ccccc1Cl)NCC1CCCCC1Cl. The van der Waals surface area contributed by atoms with Gasteiger partial charge < -0.3 is 5.32 Å². The molecular weight excluding hydrogens is 281 g/mol. The van der Waals surface area contributed by atoms with Gasteiger partial charge in [0, 0.05) is 16.9 Å². The molecule has 0 spiro atoms. The number of carbonyl (C=O) groups excluding carboxylic acids is 1. The minimum Gasteiger partial charge on any atom is -0.355 e. The molecule has 0 radical (unpaired) electrons. The highest BCUT2D eigenvalue weighted by Crippen LogP contribution is 2.28. The van der Waals surface area contributed by atoms with Crippen LogP contribution < -0.4 is 5.32 Å². The topological polar surface area (TPSA) is 29.1 Å². The van der Waals surface area contributed by atoms with E-state index in [9.17, 15) is 4.79 Å². The van der Waals surface area contributed by atoms with Crippen LogP contribution in [0.1, 0.15) is 31.2 Å². The molecule has 1 fully saturated rings. The van der Waals surface area contributed by atoms with Gasteiger partial charge in [0.2, 0.25) is 5.91 Å². The van der Waals surface area contributed by atoms with Crippen molar-refractivity contribution in [2.45, 2.75) is 37.5 Å². The standard InChI is InChI=1S/C15H19Cl2NO/c16-13-7-3-1-5-11(13)9-15(19)18-10-12-6-2-4-8-14(12)17/h1,3,5,7,12,14H,2,4,6,8-10H2,(H,18,19). The number of rotatable bonds is 4. The van der Waals surface area contributed by atoms with E-state index in [1.165, 1.54) is 12.8 Å². The summed E-state index contributed by atoms with van der Waals surface area (Å²) in [6, 6.07) is 7.45. The number of benzene rings is 1. The van der Waals surface area contributed by atoms with Crippen LogP contribution in [-0.4, -0.2) is 17.8 Å². The van der Waals surface area contributed by atoms with Crippen molar-refractivity contribution in [3.63, 3.8) is 0 Å². The molecule has 19 heavy (non-hydrogen) atoms. The molecule has 2 unspecified atom stereocenters. The van der Waals surface area contributed by atoms with Crippen LogP contribution in [0.4, 0.5) is 0 Å². The lowest BCUT2D eigenvalue weighted by Gasteiger charge is -2.27. The van der Waals surface area contributed by atoms with Gasteiger partial charge in [-0.15, -0.1) is 11.6 Å². The van der Waals surface area contributed by atoms with Gasteiger partial charge in [0.15, 0.2) is 0 Å². The van der Waals surface area contributed by atoms with E-state index in [1.807, 2.05) is 18.2 Å². The largest absolute Gasteiger partial charge is 0.355 e. The van der Waals surface area contributed by atoms with Gasteiger partial charge in [-0.1, -0.05) is 42.6 Å². The Bertz CT molecular complexity index is 436. The molecule has 0 aromatic heterocycles. The number of hydrogen-bond acceptors (Lipinski definition) is 1. The van der Waals surface area contributed by atoms with Crippen molar-refractivity contribution in [1.82, 2.24) is 5.32 Å². The third-order valence-electron chi connectivity index (χ3n) is 3.69. The molecule has 2 atom stereocenters. The van der Waals surface area contributed by atoms with E-state index in [-0.39, 0.29) is 11.3 Å². The first kappa shape index (κ1) is 14.7. The third-order valence-corrected chi connectivity index (χ3v) is 4.63. The van der Waals surface area contributed by atoms with E-state index in [0.717, 1.165) is 18.4 Å². The number of halogens is 2. The van der Waals surface area contributed by atoms with E-state index in [4.69, 9.17) is 23.2 Å². The van der Waals surface area contributed by atoms with Crippen LogP contribution in [0.3, 0.4) is 0 Å². The summed E-state index contributed by atoms with van der Waals surface area (Å²) in [5, 5.41) is 3.82. The molecule has 0 saturated heterocycles. The van der Waals surface area contributed by atoms with Gasteiger partial charge in [-0.2, -0.15) is 0 Å². The van der Waals surface area contributed by atoms with Crippen molar-refractivity contribution >= 4 is 29.1 Å². The fraction of sp³-hybridized carbons (Fsp3) is 0.533. The van der Waals surface area contributed by atoms with E-state index in [2.05, 4.69) is 5.32 Å².